The van der Waals surface area contributed by atoms with Crippen molar-refractivity contribution in [1.82, 2.24) is 9.88 Å². The van der Waals surface area contributed by atoms with Gasteiger partial charge in [-0.05, 0) is 111 Å². The predicted octanol–water partition coefficient (Wildman–Crippen LogP) is 7.78. The molecule has 204 valence electrons. The Balaban J connectivity index is 1.36. The summed E-state index contributed by atoms with van der Waals surface area (Å²) < 4.78 is 20.9. The summed E-state index contributed by atoms with van der Waals surface area (Å²) in [5, 5.41) is 11.5. The molecular formula is C30H35Cl2FN2O3. The minimum atomic E-state index is -1.12. The summed E-state index contributed by atoms with van der Waals surface area (Å²) in [5.74, 6) is 0.418. The number of fused-ring (bicyclic) bond motifs is 1. The first-order valence-electron chi connectivity index (χ1n) is 13.3. The maximum atomic E-state index is 15.6. The molecule has 1 aliphatic heterocycles. The van der Waals surface area contributed by atoms with Crippen molar-refractivity contribution in [1.29, 1.82) is 0 Å². The molecule has 0 bridgehead atoms. The van der Waals surface area contributed by atoms with Crippen LogP contribution in [0, 0.1) is 11.8 Å². The fourth-order valence-corrected chi connectivity index (χ4v) is 6.27. The first kappa shape index (κ1) is 28.6. The average Bonchev–Trinajstić information content (AvgIpc) is 2.92. The molecule has 8 heteroatoms. The fraction of sp³-hybridized carbons (Fsp3) is 0.467. The summed E-state index contributed by atoms with van der Waals surface area (Å²) in [5.41, 5.74) is 2.35. The topological polar surface area (TPSA) is 62.7 Å². The van der Waals surface area contributed by atoms with E-state index in [2.05, 4.69) is 9.88 Å². The Bertz CT molecular complexity index is 1220. The molecule has 1 N–H and O–H groups in total. The van der Waals surface area contributed by atoms with E-state index in [0.717, 1.165) is 61.8 Å². The third kappa shape index (κ3) is 7.37. The number of aliphatic carboxylic acids is 1. The highest BCUT2D eigenvalue weighted by Crippen LogP contribution is 2.37. The van der Waals surface area contributed by atoms with E-state index in [0.29, 0.717) is 40.1 Å². The number of hydrogen-bond acceptors (Lipinski definition) is 4. The van der Waals surface area contributed by atoms with Crippen LogP contribution in [0.15, 0.2) is 48.7 Å². The highest BCUT2D eigenvalue weighted by Gasteiger charge is 2.30. The van der Waals surface area contributed by atoms with Crippen LogP contribution < -0.4 is 4.74 Å². The van der Waals surface area contributed by atoms with Crippen LogP contribution in [0.25, 0.3) is 10.9 Å². The lowest BCUT2D eigenvalue weighted by Crippen LogP contribution is -2.41. The van der Waals surface area contributed by atoms with Crippen molar-refractivity contribution in [2.24, 2.45) is 11.8 Å². The zero-order valence-corrected chi connectivity index (χ0v) is 23.2. The van der Waals surface area contributed by atoms with Gasteiger partial charge in [0.15, 0.2) is 0 Å². The number of nitrogens with zero attached hydrogens (tertiary/aromatic N) is 2. The van der Waals surface area contributed by atoms with E-state index in [-0.39, 0.29) is 12.3 Å². The van der Waals surface area contributed by atoms with E-state index < -0.39 is 12.1 Å². The van der Waals surface area contributed by atoms with Gasteiger partial charge >= 0.3 is 5.97 Å². The number of halogens is 3. The van der Waals surface area contributed by atoms with Crippen molar-refractivity contribution in [3.05, 3.63) is 69.8 Å². The van der Waals surface area contributed by atoms with E-state index in [9.17, 15) is 9.90 Å². The second-order valence-corrected chi connectivity index (χ2v) is 11.0. The van der Waals surface area contributed by atoms with Crippen LogP contribution in [0.1, 0.15) is 55.8 Å². The molecule has 2 unspecified atom stereocenters. The van der Waals surface area contributed by atoms with Gasteiger partial charge in [-0.15, -0.1) is 0 Å². The highest BCUT2D eigenvalue weighted by molar-refractivity contribution is 6.35. The summed E-state index contributed by atoms with van der Waals surface area (Å²) in [6, 6.07) is 12.8. The molecule has 0 amide bonds. The lowest BCUT2D eigenvalue weighted by molar-refractivity contribution is -0.137. The SMILES string of the molecule is COc1ccc2nccc([C@@H](F)CCC3CCN(CCCc4c(Cl)cccc4Cl)CC3CCC(=O)O)c2c1. The molecule has 0 spiro atoms. The van der Waals surface area contributed by atoms with Gasteiger partial charge in [0.25, 0.3) is 0 Å². The standard InChI is InChI=1S/C30H35Cl2FN2O3/c1-38-22-9-11-29-25(18-22)23(13-15-34-29)28(33)10-7-20-14-17-35(19-21(20)8-12-30(36)37)16-3-4-24-26(31)5-2-6-27(24)32/h2,5-6,9,11,13,15,18,20-21,28H,3-4,7-8,10,12,14,16-17,19H2,1H3,(H,36,37)/t20?,21?,28-/m0/s1. The molecule has 0 radical (unpaired) electrons. The number of methoxy groups -OCH3 is 1. The van der Waals surface area contributed by atoms with Crippen molar-refractivity contribution >= 4 is 40.1 Å². The number of carboxylic acids is 1. The number of carbonyl (C=O) groups is 1. The normalized spacial score (nSPS) is 18.9. The van der Waals surface area contributed by atoms with E-state index in [1.807, 2.05) is 36.4 Å². The number of alkyl halides is 1. The van der Waals surface area contributed by atoms with Gasteiger partial charge in [0.1, 0.15) is 11.9 Å². The Hall–Kier alpha value is -2.41. The van der Waals surface area contributed by atoms with Gasteiger partial charge in [-0.3, -0.25) is 9.78 Å². The second kappa shape index (κ2) is 13.6. The maximum Gasteiger partial charge on any atom is 0.303 e. The number of likely N-dealkylation sites (tertiary alicyclic amines) is 1. The van der Waals surface area contributed by atoms with Crippen molar-refractivity contribution in [3.8, 4) is 5.75 Å². The second-order valence-electron chi connectivity index (χ2n) is 10.2. The van der Waals surface area contributed by atoms with Crippen LogP contribution in [0.3, 0.4) is 0 Å². The largest absolute Gasteiger partial charge is 0.497 e. The number of hydrogen-bond donors (Lipinski definition) is 1. The van der Waals surface area contributed by atoms with Crippen LogP contribution in [0.4, 0.5) is 4.39 Å². The number of piperidine rings is 1. The molecule has 2 aromatic carbocycles. The Kier molecular flexibility index (Phi) is 10.2. The van der Waals surface area contributed by atoms with Crippen LogP contribution in [0.5, 0.6) is 5.75 Å². The van der Waals surface area contributed by atoms with Gasteiger partial charge in [0.2, 0.25) is 0 Å². The molecule has 1 fully saturated rings. The lowest BCUT2D eigenvalue weighted by Gasteiger charge is -2.39. The molecule has 5 nitrogen and oxygen atoms in total. The number of benzene rings is 2. The number of rotatable bonds is 12. The number of carboxylic acid groups (broad SMARTS) is 1. The van der Waals surface area contributed by atoms with Crippen molar-refractivity contribution in [3.63, 3.8) is 0 Å². The third-order valence-electron chi connectivity index (χ3n) is 7.78. The highest BCUT2D eigenvalue weighted by atomic mass is 35.5. The van der Waals surface area contributed by atoms with Gasteiger partial charge in [-0.1, -0.05) is 29.3 Å². The van der Waals surface area contributed by atoms with E-state index in [1.54, 1.807) is 19.4 Å². The molecular weight excluding hydrogens is 526 g/mol. The third-order valence-corrected chi connectivity index (χ3v) is 8.49. The maximum absolute atomic E-state index is 15.6. The van der Waals surface area contributed by atoms with Crippen LogP contribution in [-0.4, -0.2) is 47.7 Å². The van der Waals surface area contributed by atoms with Gasteiger partial charge in [0.05, 0.1) is 12.6 Å². The molecule has 0 aliphatic carbocycles. The van der Waals surface area contributed by atoms with Crippen LogP contribution in [-0.2, 0) is 11.2 Å². The van der Waals surface area contributed by atoms with Crippen molar-refractivity contribution in [2.75, 3.05) is 26.7 Å². The summed E-state index contributed by atoms with van der Waals surface area (Å²) in [7, 11) is 1.60. The molecule has 1 aliphatic rings. The van der Waals surface area contributed by atoms with Crippen LogP contribution in [0.2, 0.25) is 10.0 Å². The first-order chi connectivity index (χ1) is 18.4. The quantitative estimate of drug-likeness (QED) is 0.245. The molecule has 3 atom stereocenters. The zero-order valence-electron chi connectivity index (χ0n) is 21.7. The van der Waals surface area contributed by atoms with Crippen LogP contribution >= 0.6 is 23.2 Å². The molecule has 38 heavy (non-hydrogen) atoms. The van der Waals surface area contributed by atoms with Gasteiger partial charge in [-0.25, -0.2) is 4.39 Å². The number of aromatic nitrogens is 1. The first-order valence-corrected chi connectivity index (χ1v) is 14.0. The minimum absolute atomic E-state index is 0.137. The Labute approximate surface area is 233 Å². The Morgan fingerprint density at radius 2 is 1.97 bits per heavy atom. The monoisotopic (exact) mass is 560 g/mol. The van der Waals surface area contributed by atoms with Gasteiger partial charge in [-0.2, -0.15) is 0 Å². The van der Waals surface area contributed by atoms with E-state index in [1.165, 1.54) is 0 Å². The minimum Gasteiger partial charge on any atom is -0.497 e. The Morgan fingerprint density at radius 3 is 2.71 bits per heavy atom. The molecule has 0 saturated carbocycles. The zero-order chi connectivity index (χ0) is 27.1. The van der Waals surface area contributed by atoms with Crippen molar-refractivity contribution < 1.29 is 19.0 Å². The molecule has 1 aromatic heterocycles. The summed E-state index contributed by atoms with van der Waals surface area (Å²) >= 11 is 12.6. The van der Waals surface area contributed by atoms with E-state index >= 15 is 4.39 Å². The molecule has 4 rings (SSSR count). The molecule has 3 aromatic rings. The smallest absolute Gasteiger partial charge is 0.303 e. The number of ether oxygens (including phenoxy) is 1. The predicted molar refractivity (Wildman–Crippen MR) is 151 cm³/mol. The molecule has 1 saturated heterocycles. The number of pyridine rings is 1. The average molecular weight is 562 g/mol. The summed E-state index contributed by atoms with van der Waals surface area (Å²) in [4.78, 5) is 18.1. The van der Waals surface area contributed by atoms with Crippen molar-refractivity contribution in [2.45, 2.75) is 51.1 Å². The van der Waals surface area contributed by atoms with Gasteiger partial charge in [0, 0.05) is 34.6 Å². The summed E-state index contributed by atoms with van der Waals surface area (Å²) in [6.07, 6.45) is 5.06. The van der Waals surface area contributed by atoms with Gasteiger partial charge < -0.3 is 14.7 Å². The lowest BCUT2D eigenvalue weighted by atomic mass is 9.79. The Morgan fingerprint density at radius 1 is 1.18 bits per heavy atom. The fourth-order valence-electron chi connectivity index (χ4n) is 5.69. The van der Waals surface area contributed by atoms with E-state index in [4.69, 9.17) is 27.9 Å². The molecule has 2 heterocycles. The summed E-state index contributed by atoms with van der Waals surface area (Å²) in [6.45, 7) is 2.66.